The number of nitrogens with one attached hydrogen (secondary N) is 1. The van der Waals surface area contributed by atoms with E-state index in [1.807, 2.05) is 20.8 Å². The number of ketones is 1. The van der Waals surface area contributed by atoms with Crippen LogP contribution in [0.5, 0.6) is 11.5 Å². The maximum Gasteiger partial charge on any atom is 0.331 e. The van der Waals surface area contributed by atoms with Gasteiger partial charge in [0.1, 0.15) is 0 Å². The zero-order valence-corrected chi connectivity index (χ0v) is 18.4. The Morgan fingerprint density at radius 1 is 0.935 bits per heavy atom. The predicted octanol–water partition coefficient (Wildman–Crippen LogP) is 4.13. The van der Waals surface area contributed by atoms with Gasteiger partial charge in [-0.3, -0.25) is 9.59 Å². The number of ether oxygens (including phenoxy) is 3. The lowest BCUT2D eigenvalue weighted by molar-refractivity contribution is -0.136. The second-order valence-electron chi connectivity index (χ2n) is 7.76. The van der Waals surface area contributed by atoms with E-state index >= 15 is 0 Å². The number of carbonyl (C=O) groups excluding carboxylic acids is 3. The largest absolute Gasteiger partial charge is 0.493 e. The van der Waals surface area contributed by atoms with Gasteiger partial charge in [0.2, 0.25) is 5.91 Å². The first-order valence-corrected chi connectivity index (χ1v) is 9.65. The van der Waals surface area contributed by atoms with E-state index in [0.717, 1.165) is 0 Å². The van der Waals surface area contributed by atoms with Crippen LogP contribution < -0.4 is 14.8 Å². The van der Waals surface area contributed by atoms with Crippen LogP contribution >= 0.6 is 0 Å². The molecule has 0 unspecified atom stereocenters. The molecule has 0 aliphatic rings. The maximum atomic E-state index is 12.3. The summed E-state index contributed by atoms with van der Waals surface area (Å²) < 4.78 is 15.4. The van der Waals surface area contributed by atoms with Gasteiger partial charge >= 0.3 is 5.97 Å². The molecule has 2 aromatic rings. The Morgan fingerprint density at radius 3 is 2.16 bits per heavy atom. The van der Waals surface area contributed by atoms with Crippen LogP contribution in [0.2, 0.25) is 0 Å². The zero-order chi connectivity index (χ0) is 23.0. The van der Waals surface area contributed by atoms with E-state index in [1.165, 1.54) is 20.3 Å². The molecule has 0 aliphatic heterocycles. The number of Topliss-reactive ketones (excluding diaryl/α,β-unsaturated/α-hetero) is 1. The summed E-state index contributed by atoms with van der Waals surface area (Å²) in [6, 6.07) is 11.6. The van der Waals surface area contributed by atoms with Crippen LogP contribution in [-0.4, -0.2) is 38.5 Å². The molecule has 164 valence electrons. The van der Waals surface area contributed by atoms with Crippen LogP contribution in [0.25, 0.3) is 6.08 Å². The Labute approximate surface area is 182 Å². The van der Waals surface area contributed by atoms with Gasteiger partial charge in [0, 0.05) is 22.7 Å². The van der Waals surface area contributed by atoms with E-state index in [1.54, 1.807) is 48.5 Å². The van der Waals surface area contributed by atoms with Gasteiger partial charge in [0.05, 0.1) is 14.2 Å². The van der Waals surface area contributed by atoms with Crippen LogP contribution in [0.15, 0.2) is 48.5 Å². The highest BCUT2D eigenvalue weighted by atomic mass is 16.5. The molecule has 0 spiro atoms. The molecule has 0 atom stereocenters. The second-order valence-corrected chi connectivity index (χ2v) is 7.76. The predicted molar refractivity (Wildman–Crippen MR) is 118 cm³/mol. The molecule has 0 heterocycles. The molecule has 0 saturated carbocycles. The van der Waals surface area contributed by atoms with Gasteiger partial charge in [-0.25, -0.2) is 4.79 Å². The lowest BCUT2D eigenvalue weighted by atomic mass is 9.95. The van der Waals surface area contributed by atoms with Gasteiger partial charge in [-0.2, -0.15) is 0 Å². The minimum atomic E-state index is -0.641. The highest BCUT2D eigenvalue weighted by molar-refractivity contribution is 6.00. The van der Waals surface area contributed by atoms with Crippen molar-refractivity contribution in [1.82, 2.24) is 0 Å². The first kappa shape index (κ1) is 23.7. The summed E-state index contributed by atoms with van der Waals surface area (Å²) in [5, 5.41) is 2.78. The van der Waals surface area contributed by atoms with Crippen molar-refractivity contribution in [3.63, 3.8) is 0 Å². The molecule has 1 amide bonds. The average Bonchev–Trinajstić information content (AvgIpc) is 2.75. The fraction of sp³-hybridized carbons (Fsp3) is 0.292. The fourth-order valence-electron chi connectivity index (χ4n) is 2.45. The van der Waals surface area contributed by atoms with Crippen LogP contribution in [0, 0.1) is 5.41 Å². The van der Waals surface area contributed by atoms with Crippen molar-refractivity contribution in [1.29, 1.82) is 0 Å². The minimum Gasteiger partial charge on any atom is -0.493 e. The van der Waals surface area contributed by atoms with Crippen molar-refractivity contribution in [3.05, 3.63) is 59.7 Å². The molecule has 7 nitrogen and oxygen atoms in total. The standard InChI is InChI=1S/C24H27NO6/c1-24(2,3)23(28)25-18-10-8-17(9-11-18)19(26)15-31-22(27)13-7-16-6-12-20(29-4)21(14-16)30-5/h6-14H,15H2,1-5H3,(H,25,28)/b13-7+. The number of rotatable bonds is 8. The Morgan fingerprint density at radius 2 is 1.58 bits per heavy atom. The van der Waals surface area contributed by atoms with Crippen molar-refractivity contribution in [2.45, 2.75) is 20.8 Å². The number of methoxy groups -OCH3 is 2. The van der Waals surface area contributed by atoms with E-state index in [4.69, 9.17) is 14.2 Å². The fourth-order valence-corrected chi connectivity index (χ4v) is 2.45. The summed E-state index contributed by atoms with van der Waals surface area (Å²) in [5.74, 6) is 0.00711. The molecule has 0 bridgehead atoms. The number of esters is 1. The molecule has 7 heteroatoms. The molecule has 31 heavy (non-hydrogen) atoms. The third-order valence-electron chi connectivity index (χ3n) is 4.31. The lowest BCUT2D eigenvalue weighted by Crippen LogP contribution is -2.27. The van der Waals surface area contributed by atoms with Gasteiger partial charge < -0.3 is 19.5 Å². The van der Waals surface area contributed by atoms with Gasteiger partial charge in [0.15, 0.2) is 23.9 Å². The van der Waals surface area contributed by atoms with E-state index in [0.29, 0.717) is 28.3 Å². The second kappa shape index (κ2) is 10.4. The van der Waals surface area contributed by atoms with E-state index < -0.39 is 11.4 Å². The molecule has 0 radical (unpaired) electrons. The first-order chi connectivity index (χ1) is 14.6. The van der Waals surface area contributed by atoms with Gasteiger partial charge in [-0.05, 0) is 48.0 Å². The van der Waals surface area contributed by atoms with Crippen molar-refractivity contribution in [3.8, 4) is 11.5 Å². The van der Waals surface area contributed by atoms with Crippen molar-refractivity contribution >= 4 is 29.4 Å². The van der Waals surface area contributed by atoms with E-state index in [2.05, 4.69) is 5.32 Å². The Hall–Kier alpha value is -3.61. The molecular weight excluding hydrogens is 398 g/mol. The summed E-state index contributed by atoms with van der Waals surface area (Å²) in [5.41, 5.74) is 1.17. The number of anilines is 1. The topological polar surface area (TPSA) is 90.9 Å². The van der Waals surface area contributed by atoms with Crippen molar-refractivity contribution < 1.29 is 28.6 Å². The molecule has 0 fully saturated rings. The number of carbonyl (C=O) groups is 3. The molecule has 0 saturated heterocycles. The molecule has 2 rings (SSSR count). The average molecular weight is 425 g/mol. The summed E-state index contributed by atoms with van der Waals surface area (Å²) in [7, 11) is 3.06. The Kier molecular flexibility index (Phi) is 7.96. The third-order valence-corrected chi connectivity index (χ3v) is 4.31. The molecule has 2 aromatic carbocycles. The van der Waals surface area contributed by atoms with Crippen molar-refractivity contribution in [2.24, 2.45) is 5.41 Å². The van der Waals surface area contributed by atoms with Gasteiger partial charge in [0.25, 0.3) is 0 Å². The highest BCUT2D eigenvalue weighted by Crippen LogP contribution is 2.28. The summed E-state index contributed by atoms with van der Waals surface area (Å²) in [4.78, 5) is 36.2. The smallest absolute Gasteiger partial charge is 0.331 e. The Bertz CT molecular complexity index is 971. The zero-order valence-electron chi connectivity index (χ0n) is 18.4. The minimum absolute atomic E-state index is 0.123. The monoisotopic (exact) mass is 425 g/mol. The van der Waals surface area contributed by atoms with Crippen LogP contribution in [0.1, 0.15) is 36.7 Å². The number of benzene rings is 2. The molecule has 0 aliphatic carbocycles. The van der Waals surface area contributed by atoms with E-state index in [9.17, 15) is 14.4 Å². The third kappa shape index (κ3) is 6.99. The Balaban J connectivity index is 1.90. The van der Waals surface area contributed by atoms with Gasteiger partial charge in [-0.15, -0.1) is 0 Å². The maximum absolute atomic E-state index is 12.3. The number of hydrogen-bond acceptors (Lipinski definition) is 6. The normalized spacial score (nSPS) is 11.1. The highest BCUT2D eigenvalue weighted by Gasteiger charge is 2.21. The number of amides is 1. The van der Waals surface area contributed by atoms with Crippen LogP contribution in [-0.2, 0) is 14.3 Å². The van der Waals surface area contributed by atoms with Crippen molar-refractivity contribution in [2.75, 3.05) is 26.1 Å². The molecular formula is C24H27NO6. The lowest BCUT2D eigenvalue weighted by Gasteiger charge is -2.17. The van der Waals surface area contributed by atoms with Crippen LogP contribution in [0.3, 0.4) is 0 Å². The quantitative estimate of drug-likeness (QED) is 0.389. The summed E-state index contributed by atoms with van der Waals surface area (Å²) >= 11 is 0. The first-order valence-electron chi connectivity index (χ1n) is 9.65. The van der Waals surface area contributed by atoms with Gasteiger partial charge in [-0.1, -0.05) is 26.8 Å². The molecule has 1 N–H and O–H groups in total. The van der Waals surface area contributed by atoms with Crippen LogP contribution in [0.4, 0.5) is 5.69 Å². The summed E-state index contributed by atoms with van der Waals surface area (Å²) in [6.45, 7) is 5.05. The van der Waals surface area contributed by atoms with E-state index in [-0.39, 0.29) is 18.3 Å². The SMILES string of the molecule is COc1ccc(/C=C/C(=O)OCC(=O)c2ccc(NC(=O)C(C)(C)C)cc2)cc1OC. The molecule has 0 aromatic heterocycles. The number of hydrogen-bond donors (Lipinski definition) is 1. The summed E-state index contributed by atoms with van der Waals surface area (Å²) in [6.07, 6.45) is 2.79.